The second kappa shape index (κ2) is 5.04. The van der Waals surface area contributed by atoms with E-state index in [4.69, 9.17) is 4.42 Å². The van der Waals surface area contributed by atoms with Gasteiger partial charge in [-0.2, -0.15) is 0 Å². The van der Waals surface area contributed by atoms with Gasteiger partial charge in [-0.1, -0.05) is 6.92 Å². The Morgan fingerprint density at radius 3 is 2.75 bits per heavy atom. The molecule has 0 aliphatic heterocycles. The molecule has 0 amide bonds. The summed E-state index contributed by atoms with van der Waals surface area (Å²) in [6.07, 6.45) is 0.929. The monoisotopic (exact) mass is 295 g/mol. The zero-order valence-corrected chi connectivity index (χ0v) is 10.0. The lowest BCUT2D eigenvalue weighted by molar-refractivity contribution is 0.480. The zero-order chi connectivity index (χ0) is 8.97. The summed E-state index contributed by atoms with van der Waals surface area (Å²) in [6, 6.07) is 1.99. The van der Waals surface area contributed by atoms with E-state index in [1.54, 1.807) is 0 Å². The third-order valence-corrected chi connectivity index (χ3v) is 3.20. The van der Waals surface area contributed by atoms with Crippen LogP contribution >= 0.6 is 31.9 Å². The molecule has 0 aliphatic rings. The minimum Gasteiger partial charge on any atom is -0.453 e. The first-order chi connectivity index (χ1) is 5.74. The van der Waals surface area contributed by atoms with E-state index >= 15 is 0 Å². The topological polar surface area (TPSA) is 25.2 Å². The summed E-state index contributed by atoms with van der Waals surface area (Å²) >= 11 is 6.66. The van der Waals surface area contributed by atoms with Crippen molar-refractivity contribution in [3.8, 4) is 0 Å². The van der Waals surface area contributed by atoms with Crippen LogP contribution in [0.1, 0.15) is 12.7 Å². The maximum absolute atomic E-state index is 5.39. The number of furan rings is 1. The third-order valence-electron chi connectivity index (χ3n) is 1.49. The van der Waals surface area contributed by atoms with Crippen LogP contribution < -0.4 is 5.32 Å². The smallest absolute Gasteiger partial charge is 0.183 e. The third kappa shape index (κ3) is 2.92. The molecular weight excluding hydrogens is 286 g/mol. The number of hydrogen-bond donors (Lipinski definition) is 1. The van der Waals surface area contributed by atoms with Gasteiger partial charge in [0.15, 0.2) is 4.67 Å². The molecule has 2 nitrogen and oxygen atoms in total. The first kappa shape index (κ1) is 10.3. The van der Waals surface area contributed by atoms with Crippen LogP contribution in [0.5, 0.6) is 0 Å². The molecule has 12 heavy (non-hydrogen) atoms. The van der Waals surface area contributed by atoms with Crippen molar-refractivity contribution in [3.05, 3.63) is 21.0 Å². The molecular formula is C8H11Br2NO. The predicted octanol–water partition coefficient (Wildman–Crippen LogP) is 2.96. The largest absolute Gasteiger partial charge is 0.453 e. The highest BCUT2D eigenvalue weighted by molar-refractivity contribution is 9.13. The van der Waals surface area contributed by atoms with Crippen LogP contribution in [0.25, 0.3) is 0 Å². The number of likely N-dealkylation sites (N-methyl/N-ethyl adjacent to an activating group) is 1. The second-order valence-electron chi connectivity index (χ2n) is 2.44. The van der Waals surface area contributed by atoms with Gasteiger partial charge < -0.3 is 9.73 Å². The molecule has 68 valence electrons. The van der Waals surface area contributed by atoms with E-state index in [9.17, 15) is 0 Å². The maximum Gasteiger partial charge on any atom is 0.183 e. The molecule has 0 aliphatic carbocycles. The van der Waals surface area contributed by atoms with Crippen LogP contribution in [0.4, 0.5) is 0 Å². The summed E-state index contributed by atoms with van der Waals surface area (Å²) < 4.78 is 7.14. The van der Waals surface area contributed by atoms with Gasteiger partial charge in [0.05, 0.1) is 4.47 Å². The molecule has 1 aromatic rings. The average molecular weight is 297 g/mol. The standard InChI is InChI=1S/C8H11Br2NO/c1-2-11-4-3-6-5-7(9)8(10)12-6/h5,11H,2-4H2,1H3. The highest BCUT2D eigenvalue weighted by Gasteiger charge is 2.04. The molecule has 0 bridgehead atoms. The normalized spacial score (nSPS) is 10.6. The van der Waals surface area contributed by atoms with Crippen molar-refractivity contribution in [3.63, 3.8) is 0 Å². The number of hydrogen-bond acceptors (Lipinski definition) is 2. The lowest BCUT2D eigenvalue weighted by atomic mass is 10.3. The summed E-state index contributed by atoms with van der Waals surface area (Å²) in [4.78, 5) is 0. The molecule has 4 heteroatoms. The molecule has 0 radical (unpaired) electrons. The zero-order valence-electron chi connectivity index (χ0n) is 6.86. The number of rotatable bonds is 4. The molecule has 0 unspecified atom stereocenters. The van der Waals surface area contributed by atoms with Gasteiger partial charge in [0.2, 0.25) is 0 Å². The Hall–Kier alpha value is 0.200. The molecule has 1 aromatic heterocycles. The van der Waals surface area contributed by atoms with Crippen molar-refractivity contribution in [2.45, 2.75) is 13.3 Å². The summed E-state index contributed by atoms with van der Waals surface area (Å²) in [6.45, 7) is 4.06. The van der Waals surface area contributed by atoms with Crippen molar-refractivity contribution in [1.82, 2.24) is 5.32 Å². The lowest BCUT2D eigenvalue weighted by Crippen LogP contribution is -2.15. The quantitative estimate of drug-likeness (QED) is 0.864. The molecule has 0 aromatic carbocycles. The van der Waals surface area contributed by atoms with Gasteiger partial charge in [0.25, 0.3) is 0 Å². The fourth-order valence-electron chi connectivity index (χ4n) is 0.903. The highest BCUT2D eigenvalue weighted by Crippen LogP contribution is 2.26. The van der Waals surface area contributed by atoms with Crippen LogP contribution in [0.3, 0.4) is 0 Å². The van der Waals surface area contributed by atoms with Crippen molar-refractivity contribution >= 4 is 31.9 Å². The van der Waals surface area contributed by atoms with Crippen molar-refractivity contribution in [2.24, 2.45) is 0 Å². The Labute approximate surface area is 89.0 Å². The van der Waals surface area contributed by atoms with Gasteiger partial charge in [-0.25, -0.2) is 0 Å². The SMILES string of the molecule is CCNCCc1cc(Br)c(Br)o1. The minimum atomic E-state index is 0.772. The average Bonchev–Trinajstić information content (AvgIpc) is 2.32. The molecule has 0 saturated carbocycles. The summed E-state index contributed by atoms with van der Waals surface area (Å²) in [5, 5.41) is 3.23. The van der Waals surface area contributed by atoms with E-state index in [1.165, 1.54) is 0 Å². The second-order valence-corrected chi connectivity index (χ2v) is 4.01. The van der Waals surface area contributed by atoms with Gasteiger partial charge in [0.1, 0.15) is 5.76 Å². The fourth-order valence-corrected chi connectivity index (χ4v) is 1.56. The Kier molecular flexibility index (Phi) is 4.32. The van der Waals surface area contributed by atoms with Gasteiger partial charge >= 0.3 is 0 Å². The molecule has 0 fully saturated rings. The Morgan fingerprint density at radius 2 is 2.25 bits per heavy atom. The fraction of sp³-hybridized carbons (Fsp3) is 0.500. The predicted molar refractivity (Wildman–Crippen MR) is 56.4 cm³/mol. The van der Waals surface area contributed by atoms with Crippen LogP contribution in [0.2, 0.25) is 0 Å². The van der Waals surface area contributed by atoms with Gasteiger partial charge in [-0.15, -0.1) is 0 Å². The Balaban J connectivity index is 2.42. The minimum absolute atomic E-state index is 0.772. The van der Waals surface area contributed by atoms with E-state index in [0.29, 0.717) is 0 Å². The van der Waals surface area contributed by atoms with Crippen LogP contribution in [0.15, 0.2) is 19.6 Å². The number of nitrogens with one attached hydrogen (secondary N) is 1. The van der Waals surface area contributed by atoms with Crippen LogP contribution in [0, 0.1) is 0 Å². The van der Waals surface area contributed by atoms with Gasteiger partial charge in [-0.3, -0.25) is 0 Å². The van der Waals surface area contributed by atoms with E-state index in [0.717, 1.165) is 34.4 Å². The lowest BCUT2D eigenvalue weighted by Gasteiger charge is -1.96. The van der Waals surface area contributed by atoms with E-state index < -0.39 is 0 Å². The summed E-state index contributed by atoms with van der Waals surface area (Å²) in [7, 11) is 0. The molecule has 1 N–H and O–H groups in total. The van der Waals surface area contributed by atoms with Gasteiger partial charge in [-0.05, 0) is 44.5 Å². The molecule has 0 atom stereocenters. The van der Waals surface area contributed by atoms with Crippen LogP contribution in [-0.4, -0.2) is 13.1 Å². The Morgan fingerprint density at radius 1 is 1.50 bits per heavy atom. The van der Waals surface area contributed by atoms with Crippen molar-refractivity contribution in [1.29, 1.82) is 0 Å². The summed E-state index contributed by atoms with van der Waals surface area (Å²) in [5.74, 6) is 0.995. The molecule has 1 heterocycles. The molecule has 0 spiro atoms. The van der Waals surface area contributed by atoms with E-state index in [-0.39, 0.29) is 0 Å². The number of halogens is 2. The van der Waals surface area contributed by atoms with Gasteiger partial charge in [0, 0.05) is 13.0 Å². The first-order valence-electron chi connectivity index (χ1n) is 3.88. The maximum atomic E-state index is 5.39. The highest BCUT2D eigenvalue weighted by atomic mass is 79.9. The van der Waals surface area contributed by atoms with E-state index in [1.807, 2.05) is 6.07 Å². The molecule has 1 rings (SSSR count). The van der Waals surface area contributed by atoms with Crippen molar-refractivity contribution in [2.75, 3.05) is 13.1 Å². The Bertz CT molecular complexity index is 228. The van der Waals surface area contributed by atoms with Crippen molar-refractivity contribution < 1.29 is 4.42 Å². The summed E-state index contributed by atoms with van der Waals surface area (Å²) in [5.41, 5.74) is 0. The van der Waals surface area contributed by atoms with Crippen LogP contribution in [-0.2, 0) is 6.42 Å². The molecule has 0 saturated heterocycles. The van der Waals surface area contributed by atoms with E-state index in [2.05, 4.69) is 44.1 Å². The first-order valence-corrected chi connectivity index (χ1v) is 5.47.